The average Bonchev–Trinajstić information content (AvgIpc) is 2.59. The molecule has 0 fully saturated rings. The van der Waals surface area contributed by atoms with Gasteiger partial charge in [-0.3, -0.25) is 4.79 Å². The Hall–Kier alpha value is -2.69. The fourth-order valence-corrected chi connectivity index (χ4v) is 2.39. The van der Waals surface area contributed by atoms with Gasteiger partial charge >= 0.3 is 0 Å². The molecule has 0 spiro atoms. The van der Waals surface area contributed by atoms with Crippen molar-refractivity contribution >= 4 is 5.91 Å². The second-order valence-corrected chi connectivity index (χ2v) is 5.43. The normalized spacial score (nSPS) is 10.2. The number of hydrogen-bond acceptors (Lipinski definition) is 4. The van der Waals surface area contributed by atoms with Gasteiger partial charge in [-0.25, -0.2) is 0 Å². The molecule has 0 saturated carbocycles. The van der Waals surface area contributed by atoms with E-state index in [1.165, 1.54) is 0 Å². The molecule has 0 unspecified atom stereocenters. The second kappa shape index (κ2) is 8.24. The minimum atomic E-state index is -0.197. The molecule has 0 aliphatic rings. The van der Waals surface area contributed by atoms with E-state index in [0.717, 1.165) is 16.9 Å². The number of methoxy groups -OCH3 is 2. The Balaban J connectivity index is 1.92. The highest BCUT2D eigenvalue weighted by molar-refractivity contribution is 5.95. The van der Waals surface area contributed by atoms with Gasteiger partial charge in [0.1, 0.15) is 23.9 Å². The maximum absolute atomic E-state index is 12.2. The second-order valence-electron chi connectivity index (χ2n) is 5.43. The largest absolute Gasteiger partial charge is 0.497 e. The molecule has 1 N–H and O–H groups in total. The summed E-state index contributed by atoms with van der Waals surface area (Å²) >= 11 is 0. The molecule has 2 aromatic carbocycles. The number of ether oxygens (including phenoxy) is 3. The van der Waals surface area contributed by atoms with Crippen molar-refractivity contribution in [3.05, 3.63) is 53.1 Å². The van der Waals surface area contributed by atoms with Crippen molar-refractivity contribution in [2.24, 2.45) is 0 Å². The van der Waals surface area contributed by atoms with Gasteiger partial charge in [0.2, 0.25) is 0 Å². The van der Waals surface area contributed by atoms with E-state index < -0.39 is 0 Å². The van der Waals surface area contributed by atoms with Crippen molar-refractivity contribution in [2.75, 3.05) is 27.4 Å². The zero-order chi connectivity index (χ0) is 17.5. The lowest BCUT2D eigenvalue weighted by Gasteiger charge is -2.13. The molecule has 2 rings (SSSR count). The van der Waals surface area contributed by atoms with E-state index in [-0.39, 0.29) is 5.91 Å². The van der Waals surface area contributed by atoms with Crippen LogP contribution in [0.5, 0.6) is 17.2 Å². The summed E-state index contributed by atoms with van der Waals surface area (Å²) in [5.41, 5.74) is 2.65. The van der Waals surface area contributed by atoms with Crippen LogP contribution in [0, 0.1) is 13.8 Å². The number of carbonyl (C=O) groups is 1. The summed E-state index contributed by atoms with van der Waals surface area (Å²) in [6.07, 6.45) is 0. The van der Waals surface area contributed by atoms with Crippen molar-refractivity contribution in [1.82, 2.24) is 5.32 Å². The summed E-state index contributed by atoms with van der Waals surface area (Å²) < 4.78 is 16.1. The van der Waals surface area contributed by atoms with E-state index in [0.29, 0.717) is 30.2 Å². The van der Waals surface area contributed by atoms with Crippen LogP contribution in [0.2, 0.25) is 0 Å². The predicted molar refractivity (Wildman–Crippen MR) is 93.3 cm³/mol. The van der Waals surface area contributed by atoms with Crippen LogP contribution in [0.1, 0.15) is 21.5 Å². The Morgan fingerprint density at radius 2 is 1.58 bits per heavy atom. The molecule has 2 aromatic rings. The first-order valence-electron chi connectivity index (χ1n) is 7.75. The van der Waals surface area contributed by atoms with Crippen molar-refractivity contribution < 1.29 is 19.0 Å². The SMILES string of the molecule is COc1cc(OC)cc(C(=O)NCCOc2c(C)cccc2C)c1. The highest BCUT2D eigenvalue weighted by Crippen LogP contribution is 2.23. The number of nitrogens with one attached hydrogen (secondary N) is 1. The van der Waals surface area contributed by atoms with E-state index >= 15 is 0 Å². The van der Waals surface area contributed by atoms with Gasteiger partial charge in [0.15, 0.2) is 0 Å². The summed E-state index contributed by atoms with van der Waals surface area (Å²) in [5.74, 6) is 1.82. The monoisotopic (exact) mass is 329 g/mol. The van der Waals surface area contributed by atoms with Crippen LogP contribution in [-0.2, 0) is 0 Å². The molecule has 0 saturated heterocycles. The number of hydrogen-bond donors (Lipinski definition) is 1. The van der Waals surface area contributed by atoms with Gasteiger partial charge in [-0.05, 0) is 37.1 Å². The summed E-state index contributed by atoms with van der Waals surface area (Å²) in [7, 11) is 3.10. The first-order valence-corrected chi connectivity index (χ1v) is 7.75. The van der Waals surface area contributed by atoms with Crippen LogP contribution in [0.3, 0.4) is 0 Å². The molecule has 24 heavy (non-hydrogen) atoms. The van der Waals surface area contributed by atoms with Crippen molar-refractivity contribution in [1.29, 1.82) is 0 Å². The minimum absolute atomic E-state index is 0.197. The van der Waals surface area contributed by atoms with Crippen LogP contribution < -0.4 is 19.5 Å². The molecule has 0 aromatic heterocycles. The molecule has 5 nitrogen and oxygen atoms in total. The number of amides is 1. The summed E-state index contributed by atoms with van der Waals surface area (Å²) in [6, 6.07) is 11.1. The molecule has 0 atom stereocenters. The third-order valence-electron chi connectivity index (χ3n) is 3.66. The van der Waals surface area contributed by atoms with Gasteiger partial charge in [0.05, 0.1) is 20.8 Å². The average molecular weight is 329 g/mol. The molecule has 5 heteroatoms. The number of para-hydroxylation sites is 1. The summed E-state index contributed by atoms with van der Waals surface area (Å²) in [4.78, 5) is 12.2. The van der Waals surface area contributed by atoms with Crippen molar-refractivity contribution in [3.63, 3.8) is 0 Å². The van der Waals surface area contributed by atoms with E-state index in [1.54, 1.807) is 32.4 Å². The third kappa shape index (κ3) is 4.41. The van der Waals surface area contributed by atoms with E-state index in [1.807, 2.05) is 32.0 Å². The van der Waals surface area contributed by atoms with Crippen molar-refractivity contribution in [2.45, 2.75) is 13.8 Å². The lowest BCUT2D eigenvalue weighted by atomic mass is 10.1. The summed E-state index contributed by atoms with van der Waals surface area (Å²) in [6.45, 7) is 4.82. The molecule has 0 bridgehead atoms. The van der Waals surface area contributed by atoms with Crippen molar-refractivity contribution in [3.8, 4) is 17.2 Å². The maximum atomic E-state index is 12.2. The summed E-state index contributed by atoms with van der Waals surface area (Å²) in [5, 5.41) is 2.84. The Kier molecular flexibility index (Phi) is 6.07. The zero-order valence-corrected chi connectivity index (χ0v) is 14.5. The Labute approximate surface area is 142 Å². The lowest BCUT2D eigenvalue weighted by molar-refractivity contribution is 0.0946. The minimum Gasteiger partial charge on any atom is -0.497 e. The van der Waals surface area contributed by atoms with Gasteiger partial charge < -0.3 is 19.5 Å². The number of carbonyl (C=O) groups excluding carboxylic acids is 1. The third-order valence-corrected chi connectivity index (χ3v) is 3.66. The zero-order valence-electron chi connectivity index (χ0n) is 14.5. The first kappa shape index (κ1) is 17.7. The highest BCUT2D eigenvalue weighted by atomic mass is 16.5. The Morgan fingerprint density at radius 1 is 1.00 bits per heavy atom. The molecular formula is C19H23NO4. The molecule has 128 valence electrons. The maximum Gasteiger partial charge on any atom is 0.251 e. The topological polar surface area (TPSA) is 56.8 Å². The first-order chi connectivity index (χ1) is 11.5. The predicted octanol–water partition coefficient (Wildman–Crippen LogP) is 3.13. The van der Waals surface area contributed by atoms with E-state index in [4.69, 9.17) is 14.2 Å². The molecule has 0 aliphatic carbocycles. The van der Waals surface area contributed by atoms with Gasteiger partial charge in [-0.2, -0.15) is 0 Å². The highest BCUT2D eigenvalue weighted by Gasteiger charge is 2.10. The van der Waals surface area contributed by atoms with Crippen LogP contribution in [0.25, 0.3) is 0 Å². The fraction of sp³-hybridized carbons (Fsp3) is 0.316. The quantitative estimate of drug-likeness (QED) is 0.793. The van der Waals surface area contributed by atoms with Crippen LogP contribution in [0.4, 0.5) is 0 Å². The molecule has 1 amide bonds. The Bertz CT molecular complexity index is 670. The number of aryl methyl sites for hydroxylation is 2. The van der Waals surface area contributed by atoms with Crippen LogP contribution in [0.15, 0.2) is 36.4 Å². The number of rotatable bonds is 7. The van der Waals surface area contributed by atoms with Crippen LogP contribution in [-0.4, -0.2) is 33.3 Å². The molecule has 0 radical (unpaired) electrons. The van der Waals surface area contributed by atoms with E-state index in [2.05, 4.69) is 5.32 Å². The molecular weight excluding hydrogens is 306 g/mol. The van der Waals surface area contributed by atoms with E-state index in [9.17, 15) is 4.79 Å². The van der Waals surface area contributed by atoms with Gasteiger partial charge in [-0.15, -0.1) is 0 Å². The Morgan fingerprint density at radius 3 is 2.12 bits per heavy atom. The van der Waals surface area contributed by atoms with Crippen LogP contribution >= 0.6 is 0 Å². The lowest BCUT2D eigenvalue weighted by Crippen LogP contribution is -2.28. The van der Waals surface area contributed by atoms with Gasteiger partial charge in [0.25, 0.3) is 5.91 Å². The van der Waals surface area contributed by atoms with Gasteiger partial charge in [0, 0.05) is 11.6 Å². The smallest absolute Gasteiger partial charge is 0.251 e. The number of benzene rings is 2. The fourth-order valence-electron chi connectivity index (χ4n) is 2.39. The molecule has 0 aliphatic heterocycles. The van der Waals surface area contributed by atoms with Gasteiger partial charge in [-0.1, -0.05) is 18.2 Å². The molecule has 0 heterocycles. The standard InChI is InChI=1S/C19H23NO4/c1-13-6-5-7-14(2)18(13)24-9-8-20-19(21)15-10-16(22-3)12-17(11-15)23-4/h5-7,10-12H,8-9H2,1-4H3,(H,20,21).